The lowest BCUT2D eigenvalue weighted by Crippen LogP contribution is -2.07. The molecule has 3 nitrogen and oxygen atoms in total. The maximum Gasteiger partial charge on any atom is 0.191 e. The molecule has 2 aromatic rings. The van der Waals surface area contributed by atoms with Crippen LogP contribution in [0.15, 0.2) is 29.4 Å². The number of nitrogens with zero attached hydrogens (tertiary/aromatic N) is 3. The van der Waals surface area contributed by atoms with Gasteiger partial charge in [0.2, 0.25) is 0 Å². The molecule has 2 rings (SSSR count). The smallest absolute Gasteiger partial charge is 0.191 e. The fourth-order valence-corrected chi connectivity index (χ4v) is 3.14. The number of thioether (sulfide) groups is 1. The summed E-state index contributed by atoms with van der Waals surface area (Å²) in [5, 5.41) is 9.62. The molecule has 0 amide bonds. The fourth-order valence-electron chi connectivity index (χ4n) is 2.12. The van der Waals surface area contributed by atoms with Crippen molar-refractivity contribution < 1.29 is 0 Å². The molecule has 0 aliphatic carbocycles. The van der Waals surface area contributed by atoms with Crippen molar-refractivity contribution in [3.63, 3.8) is 0 Å². The standard InChI is InChI=1S/C15H21N3S/c1-5-14-16-17-15(18(14)11(2)3)19-10-13-8-6-7-12(4)9-13/h6-9,11H,5,10H2,1-4H3. The van der Waals surface area contributed by atoms with Gasteiger partial charge in [-0.25, -0.2) is 0 Å². The van der Waals surface area contributed by atoms with E-state index in [0.29, 0.717) is 6.04 Å². The molecule has 19 heavy (non-hydrogen) atoms. The van der Waals surface area contributed by atoms with E-state index in [1.54, 1.807) is 11.8 Å². The molecular weight excluding hydrogens is 254 g/mol. The number of hydrogen-bond donors (Lipinski definition) is 0. The van der Waals surface area contributed by atoms with Crippen LogP contribution in [0.2, 0.25) is 0 Å². The van der Waals surface area contributed by atoms with Crippen LogP contribution in [0.1, 0.15) is 43.8 Å². The number of rotatable bonds is 5. The topological polar surface area (TPSA) is 30.7 Å². The van der Waals surface area contributed by atoms with Gasteiger partial charge in [-0.1, -0.05) is 48.5 Å². The molecule has 0 radical (unpaired) electrons. The van der Waals surface area contributed by atoms with E-state index in [1.807, 2.05) is 0 Å². The highest BCUT2D eigenvalue weighted by molar-refractivity contribution is 7.98. The van der Waals surface area contributed by atoms with Crippen molar-refractivity contribution >= 4 is 11.8 Å². The molecule has 0 fully saturated rings. The molecule has 0 N–H and O–H groups in total. The van der Waals surface area contributed by atoms with Gasteiger partial charge >= 0.3 is 0 Å². The lowest BCUT2D eigenvalue weighted by Gasteiger charge is -2.12. The average Bonchev–Trinajstić information content (AvgIpc) is 2.79. The van der Waals surface area contributed by atoms with Crippen LogP contribution in [0.5, 0.6) is 0 Å². The average molecular weight is 275 g/mol. The molecule has 0 bridgehead atoms. The summed E-state index contributed by atoms with van der Waals surface area (Å²) >= 11 is 1.76. The molecule has 1 aromatic carbocycles. The monoisotopic (exact) mass is 275 g/mol. The maximum atomic E-state index is 4.32. The molecule has 1 heterocycles. The van der Waals surface area contributed by atoms with E-state index in [1.165, 1.54) is 11.1 Å². The Morgan fingerprint density at radius 1 is 1.26 bits per heavy atom. The number of hydrogen-bond acceptors (Lipinski definition) is 3. The lowest BCUT2D eigenvalue weighted by molar-refractivity contribution is 0.528. The lowest BCUT2D eigenvalue weighted by atomic mass is 10.2. The van der Waals surface area contributed by atoms with Gasteiger partial charge in [-0.3, -0.25) is 0 Å². The van der Waals surface area contributed by atoms with Crippen LogP contribution in [-0.2, 0) is 12.2 Å². The maximum absolute atomic E-state index is 4.32. The number of aryl methyl sites for hydroxylation is 2. The molecule has 0 atom stereocenters. The summed E-state index contributed by atoms with van der Waals surface area (Å²) in [7, 11) is 0. The third-order valence-corrected chi connectivity index (χ3v) is 4.03. The van der Waals surface area contributed by atoms with E-state index < -0.39 is 0 Å². The Morgan fingerprint density at radius 2 is 2.05 bits per heavy atom. The molecular formula is C15H21N3S. The van der Waals surface area contributed by atoms with Crippen LogP contribution in [0.25, 0.3) is 0 Å². The highest BCUT2D eigenvalue weighted by atomic mass is 32.2. The largest absolute Gasteiger partial charge is 0.303 e. The normalized spacial score (nSPS) is 11.2. The second kappa shape index (κ2) is 6.24. The zero-order valence-corrected chi connectivity index (χ0v) is 12.9. The van der Waals surface area contributed by atoms with Crippen LogP contribution >= 0.6 is 11.8 Å². The highest BCUT2D eigenvalue weighted by Gasteiger charge is 2.13. The predicted molar refractivity (Wildman–Crippen MR) is 80.5 cm³/mol. The minimum absolute atomic E-state index is 0.407. The quantitative estimate of drug-likeness (QED) is 0.772. The third kappa shape index (κ3) is 3.38. The van der Waals surface area contributed by atoms with Gasteiger partial charge in [-0.2, -0.15) is 0 Å². The highest BCUT2D eigenvalue weighted by Crippen LogP contribution is 2.25. The van der Waals surface area contributed by atoms with Crippen molar-refractivity contribution in [1.29, 1.82) is 0 Å². The zero-order valence-electron chi connectivity index (χ0n) is 12.1. The van der Waals surface area contributed by atoms with Gasteiger partial charge in [0.1, 0.15) is 5.82 Å². The van der Waals surface area contributed by atoms with E-state index in [2.05, 4.69) is 66.7 Å². The van der Waals surface area contributed by atoms with E-state index >= 15 is 0 Å². The van der Waals surface area contributed by atoms with Gasteiger partial charge in [-0.15, -0.1) is 10.2 Å². The minimum atomic E-state index is 0.407. The van der Waals surface area contributed by atoms with Gasteiger partial charge in [0, 0.05) is 18.2 Å². The first-order chi connectivity index (χ1) is 9.11. The van der Waals surface area contributed by atoms with Gasteiger partial charge in [-0.05, 0) is 26.3 Å². The Bertz CT molecular complexity index is 546. The second-order valence-corrected chi connectivity index (χ2v) is 5.94. The van der Waals surface area contributed by atoms with Crippen LogP contribution in [0.4, 0.5) is 0 Å². The van der Waals surface area contributed by atoms with Crippen LogP contribution < -0.4 is 0 Å². The molecule has 1 aromatic heterocycles. The molecule has 102 valence electrons. The summed E-state index contributed by atoms with van der Waals surface area (Å²) in [6.45, 7) is 8.61. The van der Waals surface area contributed by atoms with E-state index in [4.69, 9.17) is 0 Å². The Hall–Kier alpha value is -1.29. The van der Waals surface area contributed by atoms with Gasteiger partial charge in [0.15, 0.2) is 5.16 Å². The first-order valence-electron chi connectivity index (χ1n) is 6.74. The summed E-state index contributed by atoms with van der Waals surface area (Å²) in [5.41, 5.74) is 2.64. The molecule has 0 spiro atoms. The molecule has 0 saturated heterocycles. The van der Waals surface area contributed by atoms with Crippen molar-refractivity contribution in [2.75, 3.05) is 0 Å². The zero-order chi connectivity index (χ0) is 13.8. The number of benzene rings is 1. The Kier molecular flexibility index (Phi) is 4.64. The predicted octanol–water partition coefficient (Wildman–Crippen LogP) is 4.02. The third-order valence-electron chi connectivity index (χ3n) is 3.02. The Balaban J connectivity index is 2.13. The number of aromatic nitrogens is 3. The minimum Gasteiger partial charge on any atom is -0.303 e. The molecule has 0 saturated carbocycles. The molecule has 0 aliphatic rings. The van der Waals surface area contributed by atoms with Crippen molar-refractivity contribution in [2.24, 2.45) is 0 Å². The Morgan fingerprint density at radius 3 is 2.68 bits per heavy atom. The fraction of sp³-hybridized carbons (Fsp3) is 0.467. The van der Waals surface area contributed by atoms with Crippen molar-refractivity contribution in [2.45, 2.75) is 51.1 Å². The van der Waals surface area contributed by atoms with Crippen molar-refractivity contribution in [3.05, 3.63) is 41.2 Å². The summed E-state index contributed by atoms with van der Waals surface area (Å²) in [6, 6.07) is 9.03. The van der Waals surface area contributed by atoms with Crippen molar-refractivity contribution in [1.82, 2.24) is 14.8 Å². The van der Waals surface area contributed by atoms with Crippen LogP contribution in [-0.4, -0.2) is 14.8 Å². The van der Waals surface area contributed by atoms with E-state index in [9.17, 15) is 0 Å². The summed E-state index contributed by atoms with van der Waals surface area (Å²) in [4.78, 5) is 0. The van der Waals surface area contributed by atoms with Gasteiger partial charge in [0.05, 0.1) is 0 Å². The van der Waals surface area contributed by atoms with Gasteiger partial charge in [0.25, 0.3) is 0 Å². The summed E-state index contributed by atoms with van der Waals surface area (Å²) < 4.78 is 2.24. The molecule has 4 heteroatoms. The Labute approximate surface area is 119 Å². The van der Waals surface area contributed by atoms with E-state index in [-0.39, 0.29) is 0 Å². The summed E-state index contributed by atoms with van der Waals surface area (Å²) in [5.74, 6) is 2.01. The van der Waals surface area contributed by atoms with Crippen molar-refractivity contribution in [3.8, 4) is 0 Å². The SMILES string of the molecule is CCc1nnc(SCc2cccc(C)c2)n1C(C)C. The molecule has 0 unspecified atom stereocenters. The first-order valence-corrected chi connectivity index (χ1v) is 7.72. The van der Waals surface area contributed by atoms with E-state index in [0.717, 1.165) is 23.2 Å². The summed E-state index contributed by atoms with van der Waals surface area (Å²) in [6.07, 6.45) is 0.927. The first kappa shape index (κ1) is 14.1. The second-order valence-electron chi connectivity index (χ2n) is 4.99. The van der Waals surface area contributed by atoms with Crippen LogP contribution in [0.3, 0.4) is 0 Å². The van der Waals surface area contributed by atoms with Gasteiger partial charge < -0.3 is 4.57 Å². The van der Waals surface area contributed by atoms with Crippen LogP contribution in [0, 0.1) is 6.92 Å². The molecule has 0 aliphatic heterocycles.